The first-order chi connectivity index (χ1) is 10.0. The summed E-state index contributed by atoms with van der Waals surface area (Å²) < 4.78 is 12.8. The highest BCUT2D eigenvalue weighted by Gasteiger charge is 2.08. The van der Waals surface area contributed by atoms with Gasteiger partial charge in [0.25, 0.3) is 0 Å². The van der Waals surface area contributed by atoms with Gasteiger partial charge in [-0.15, -0.1) is 0 Å². The van der Waals surface area contributed by atoms with Gasteiger partial charge in [-0.1, -0.05) is 29.8 Å². The molecular weight excluding hydrogens is 291 g/mol. The van der Waals surface area contributed by atoms with Gasteiger partial charge < -0.3 is 10.6 Å². The fourth-order valence-electron chi connectivity index (χ4n) is 1.89. The molecule has 0 aliphatic carbocycles. The lowest BCUT2D eigenvalue weighted by molar-refractivity contribution is -0.115. The van der Waals surface area contributed by atoms with Crippen LogP contribution in [0.1, 0.15) is 18.5 Å². The molecule has 0 spiro atoms. The second-order valence-corrected chi connectivity index (χ2v) is 5.15. The Balaban J connectivity index is 1.84. The van der Waals surface area contributed by atoms with Crippen LogP contribution in [0.15, 0.2) is 48.5 Å². The summed E-state index contributed by atoms with van der Waals surface area (Å²) in [7, 11) is 0. The Kier molecular flexibility index (Phi) is 5.31. The minimum Gasteiger partial charge on any atom is -0.325 e. The number of carbonyl (C=O) groups is 1. The van der Waals surface area contributed by atoms with E-state index in [2.05, 4.69) is 10.6 Å². The van der Waals surface area contributed by atoms with Gasteiger partial charge >= 0.3 is 0 Å². The van der Waals surface area contributed by atoms with E-state index in [0.29, 0.717) is 10.7 Å². The largest absolute Gasteiger partial charge is 0.325 e. The van der Waals surface area contributed by atoms with Crippen molar-refractivity contribution in [3.63, 3.8) is 0 Å². The molecule has 0 saturated carbocycles. The Morgan fingerprint density at radius 2 is 1.95 bits per heavy atom. The number of carbonyl (C=O) groups excluding carboxylic acids is 1. The quantitative estimate of drug-likeness (QED) is 0.883. The zero-order valence-electron chi connectivity index (χ0n) is 11.6. The van der Waals surface area contributed by atoms with Crippen LogP contribution in [0.4, 0.5) is 10.1 Å². The molecule has 0 fully saturated rings. The molecule has 3 nitrogen and oxygen atoms in total. The van der Waals surface area contributed by atoms with Crippen LogP contribution < -0.4 is 10.6 Å². The van der Waals surface area contributed by atoms with Gasteiger partial charge in [0.1, 0.15) is 5.82 Å². The summed E-state index contributed by atoms with van der Waals surface area (Å²) in [6, 6.07) is 13.1. The van der Waals surface area contributed by atoms with E-state index in [1.165, 1.54) is 12.1 Å². The van der Waals surface area contributed by atoms with E-state index in [-0.39, 0.29) is 24.3 Å². The number of benzene rings is 2. The lowest BCUT2D eigenvalue weighted by Crippen LogP contribution is -2.30. The monoisotopic (exact) mass is 306 g/mol. The molecule has 0 aromatic heterocycles. The maximum Gasteiger partial charge on any atom is 0.238 e. The molecule has 0 saturated heterocycles. The van der Waals surface area contributed by atoms with E-state index in [1.807, 2.05) is 6.92 Å². The topological polar surface area (TPSA) is 41.1 Å². The highest BCUT2D eigenvalue weighted by atomic mass is 35.5. The van der Waals surface area contributed by atoms with Crippen molar-refractivity contribution < 1.29 is 9.18 Å². The molecule has 110 valence electrons. The molecule has 2 rings (SSSR count). The first-order valence-corrected chi connectivity index (χ1v) is 6.96. The minimum absolute atomic E-state index is 0.0456. The molecular formula is C16H16ClFN2O. The van der Waals surface area contributed by atoms with Crippen LogP contribution >= 0.6 is 11.6 Å². The zero-order chi connectivity index (χ0) is 15.2. The number of halogens is 2. The van der Waals surface area contributed by atoms with Crippen molar-refractivity contribution in [3.8, 4) is 0 Å². The first kappa shape index (κ1) is 15.5. The highest BCUT2D eigenvalue weighted by molar-refractivity contribution is 6.30. The van der Waals surface area contributed by atoms with Crippen LogP contribution in [-0.2, 0) is 4.79 Å². The van der Waals surface area contributed by atoms with E-state index in [4.69, 9.17) is 11.6 Å². The Morgan fingerprint density at radius 1 is 1.24 bits per heavy atom. The normalized spacial score (nSPS) is 12.0. The standard InChI is InChI=1S/C16H16ClFN2O/c1-11(12-5-7-14(18)8-6-12)19-10-16(21)20-15-4-2-3-13(17)9-15/h2-9,11,19H,10H2,1H3,(H,20,21)/t11-/m1/s1. The number of amides is 1. The summed E-state index contributed by atoms with van der Waals surface area (Å²) in [5, 5.41) is 6.41. The Bertz CT molecular complexity index is 616. The molecule has 5 heteroatoms. The van der Waals surface area contributed by atoms with E-state index in [1.54, 1.807) is 36.4 Å². The summed E-state index contributed by atoms with van der Waals surface area (Å²) in [4.78, 5) is 11.8. The summed E-state index contributed by atoms with van der Waals surface area (Å²) in [5.41, 5.74) is 1.58. The summed E-state index contributed by atoms with van der Waals surface area (Å²) in [6.45, 7) is 2.07. The van der Waals surface area contributed by atoms with Crippen molar-refractivity contribution in [2.45, 2.75) is 13.0 Å². The van der Waals surface area contributed by atoms with Crippen molar-refractivity contribution >= 4 is 23.2 Å². The van der Waals surface area contributed by atoms with Crippen LogP contribution in [0.5, 0.6) is 0 Å². The lowest BCUT2D eigenvalue weighted by atomic mass is 10.1. The lowest BCUT2D eigenvalue weighted by Gasteiger charge is -2.14. The molecule has 0 heterocycles. The second-order valence-electron chi connectivity index (χ2n) is 4.71. The van der Waals surface area contributed by atoms with Gasteiger partial charge in [0.05, 0.1) is 6.54 Å². The fraction of sp³-hybridized carbons (Fsp3) is 0.188. The SMILES string of the molecule is C[C@@H](NCC(=O)Nc1cccc(Cl)c1)c1ccc(F)cc1. The molecule has 2 aromatic rings. The third-order valence-corrected chi connectivity index (χ3v) is 3.28. The number of hydrogen-bond donors (Lipinski definition) is 2. The van der Waals surface area contributed by atoms with Crippen LogP contribution in [0, 0.1) is 5.82 Å². The van der Waals surface area contributed by atoms with Crippen molar-refractivity contribution in [1.29, 1.82) is 0 Å². The van der Waals surface area contributed by atoms with E-state index < -0.39 is 0 Å². The summed E-state index contributed by atoms with van der Waals surface area (Å²) in [6.07, 6.45) is 0. The predicted molar refractivity (Wildman–Crippen MR) is 82.9 cm³/mol. The smallest absolute Gasteiger partial charge is 0.238 e. The van der Waals surface area contributed by atoms with Crippen LogP contribution in [0.25, 0.3) is 0 Å². The molecule has 2 N–H and O–H groups in total. The van der Waals surface area contributed by atoms with Crippen molar-refractivity contribution in [2.75, 3.05) is 11.9 Å². The Labute approximate surface area is 128 Å². The molecule has 0 aliphatic heterocycles. The number of hydrogen-bond acceptors (Lipinski definition) is 2. The van der Waals surface area contributed by atoms with Crippen LogP contribution in [0.2, 0.25) is 5.02 Å². The van der Waals surface area contributed by atoms with Crippen molar-refractivity contribution in [1.82, 2.24) is 5.32 Å². The van der Waals surface area contributed by atoms with Crippen LogP contribution in [0.3, 0.4) is 0 Å². The number of anilines is 1. The molecule has 2 aromatic carbocycles. The molecule has 0 unspecified atom stereocenters. The molecule has 0 aliphatic rings. The van der Waals surface area contributed by atoms with Gasteiger partial charge in [0, 0.05) is 16.8 Å². The molecule has 1 atom stereocenters. The molecule has 0 radical (unpaired) electrons. The Morgan fingerprint density at radius 3 is 2.62 bits per heavy atom. The third-order valence-electron chi connectivity index (χ3n) is 3.05. The van der Waals surface area contributed by atoms with Gasteiger partial charge in [-0.05, 0) is 42.8 Å². The van der Waals surface area contributed by atoms with E-state index >= 15 is 0 Å². The van der Waals surface area contributed by atoms with Gasteiger partial charge in [0.2, 0.25) is 5.91 Å². The van der Waals surface area contributed by atoms with Crippen molar-refractivity contribution in [2.24, 2.45) is 0 Å². The first-order valence-electron chi connectivity index (χ1n) is 6.59. The third kappa shape index (κ3) is 4.85. The predicted octanol–water partition coefficient (Wildman–Crippen LogP) is 3.77. The Hall–Kier alpha value is -1.91. The maximum atomic E-state index is 12.8. The molecule has 0 bridgehead atoms. The molecule has 21 heavy (non-hydrogen) atoms. The van der Waals surface area contributed by atoms with Gasteiger partial charge in [-0.25, -0.2) is 4.39 Å². The van der Waals surface area contributed by atoms with Crippen molar-refractivity contribution in [3.05, 3.63) is 64.9 Å². The molecule has 1 amide bonds. The minimum atomic E-state index is -0.273. The van der Waals surface area contributed by atoms with Gasteiger partial charge in [-0.3, -0.25) is 4.79 Å². The second kappa shape index (κ2) is 7.20. The van der Waals surface area contributed by atoms with Gasteiger partial charge in [-0.2, -0.15) is 0 Å². The maximum absolute atomic E-state index is 12.8. The average molecular weight is 307 g/mol. The van der Waals surface area contributed by atoms with Gasteiger partial charge in [0.15, 0.2) is 0 Å². The number of rotatable bonds is 5. The number of nitrogens with one attached hydrogen (secondary N) is 2. The fourth-order valence-corrected chi connectivity index (χ4v) is 2.08. The summed E-state index contributed by atoms with van der Waals surface area (Å²) >= 11 is 5.85. The van der Waals surface area contributed by atoms with E-state index in [0.717, 1.165) is 5.56 Å². The zero-order valence-corrected chi connectivity index (χ0v) is 12.3. The summed E-state index contributed by atoms with van der Waals surface area (Å²) in [5.74, 6) is -0.434. The average Bonchev–Trinajstić information content (AvgIpc) is 2.45. The van der Waals surface area contributed by atoms with Crippen LogP contribution in [-0.4, -0.2) is 12.5 Å². The highest BCUT2D eigenvalue weighted by Crippen LogP contribution is 2.15. The van der Waals surface area contributed by atoms with E-state index in [9.17, 15) is 9.18 Å².